The molecule has 2 rings (SSSR count). The van der Waals surface area contributed by atoms with Gasteiger partial charge in [-0.15, -0.1) is 11.8 Å². The molecule has 1 N–H and O–H groups in total. The minimum absolute atomic E-state index is 0.298. The number of hydrogen-bond acceptors (Lipinski definition) is 3. The molecule has 2 unspecified atom stereocenters. The number of hydrogen-bond donors (Lipinski definition) is 1. The fourth-order valence-corrected chi connectivity index (χ4v) is 4.33. The summed E-state index contributed by atoms with van der Waals surface area (Å²) in [6.45, 7) is 2.92. The quantitative estimate of drug-likeness (QED) is 0.910. The molecule has 0 spiro atoms. The van der Waals surface area contributed by atoms with Crippen LogP contribution in [-0.4, -0.2) is 17.3 Å². The van der Waals surface area contributed by atoms with Gasteiger partial charge in [0.1, 0.15) is 5.54 Å². The van der Waals surface area contributed by atoms with Crippen molar-refractivity contribution in [3.8, 4) is 6.07 Å². The molecule has 1 saturated carbocycles. The van der Waals surface area contributed by atoms with Gasteiger partial charge < -0.3 is 0 Å². The van der Waals surface area contributed by atoms with Crippen LogP contribution in [0.25, 0.3) is 0 Å². The summed E-state index contributed by atoms with van der Waals surface area (Å²) < 4.78 is 1.15. The molecule has 0 heterocycles. The number of nitrogens with one attached hydrogen (secondary N) is 1. The fraction of sp³-hybridized carbons (Fsp3) is 0.500. The average molecular weight is 325 g/mol. The highest BCUT2D eigenvalue weighted by molar-refractivity contribution is 9.10. The fourth-order valence-electron chi connectivity index (χ4n) is 2.46. The van der Waals surface area contributed by atoms with Crippen LogP contribution in [0.3, 0.4) is 0 Å². The molecule has 2 atom stereocenters. The Balaban J connectivity index is 2.02. The zero-order valence-corrected chi connectivity index (χ0v) is 12.9. The molecule has 0 saturated heterocycles. The van der Waals surface area contributed by atoms with Crippen molar-refractivity contribution in [2.45, 2.75) is 41.9 Å². The third kappa shape index (κ3) is 3.09. The van der Waals surface area contributed by atoms with Crippen molar-refractivity contribution >= 4 is 27.7 Å². The smallest absolute Gasteiger partial charge is 0.107 e. The highest BCUT2D eigenvalue weighted by atomic mass is 79.9. The lowest BCUT2D eigenvalue weighted by Crippen LogP contribution is -2.41. The van der Waals surface area contributed by atoms with E-state index in [-0.39, 0.29) is 5.54 Å². The van der Waals surface area contributed by atoms with Crippen LogP contribution in [-0.2, 0) is 0 Å². The topological polar surface area (TPSA) is 35.8 Å². The van der Waals surface area contributed by atoms with E-state index in [9.17, 15) is 5.26 Å². The molecule has 1 aliphatic rings. The van der Waals surface area contributed by atoms with Crippen LogP contribution in [0.5, 0.6) is 0 Å². The molecule has 18 heavy (non-hydrogen) atoms. The van der Waals surface area contributed by atoms with E-state index >= 15 is 0 Å². The second kappa shape index (κ2) is 6.10. The van der Waals surface area contributed by atoms with E-state index in [0.717, 1.165) is 30.3 Å². The first-order valence-corrected chi connectivity index (χ1v) is 7.94. The third-order valence-corrected chi connectivity index (χ3v) is 5.63. The molecule has 0 radical (unpaired) electrons. The SMILES string of the molecule is CCNC1(C#N)CCC(Sc2ccccc2Br)C1. The predicted octanol–water partition coefficient (Wildman–Crippen LogP) is 3.97. The van der Waals surface area contributed by atoms with Crippen LogP contribution in [0.2, 0.25) is 0 Å². The molecular weight excluding hydrogens is 308 g/mol. The molecular formula is C14H17BrN2S. The maximum Gasteiger partial charge on any atom is 0.107 e. The van der Waals surface area contributed by atoms with Gasteiger partial charge in [-0.3, -0.25) is 5.32 Å². The van der Waals surface area contributed by atoms with Gasteiger partial charge in [-0.2, -0.15) is 5.26 Å². The van der Waals surface area contributed by atoms with Crippen LogP contribution >= 0.6 is 27.7 Å². The average Bonchev–Trinajstić information content (AvgIpc) is 2.77. The zero-order valence-electron chi connectivity index (χ0n) is 10.4. The molecule has 96 valence electrons. The standard InChI is InChI=1S/C14H17BrN2S/c1-2-17-14(10-16)8-7-11(9-14)18-13-6-4-3-5-12(13)15/h3-6,11,17H,2,7-9H2,1H3. The first-order valence-electron chi connectivity index (χ1n) is 6.26. The first-order chi connectivity index (χ1) is 8.69. The maximum absolute atomic E-state index is 9.36. The summed E-state index contributed by atoms with van der Waals surface area (Å²) >= 11 is 5.46. The van der Waals surface area contributed by atoms with Crippen molar-refractivity contribution in [2.24, 2.45) is 0 Å². The van der Waals surface area contributed by atoms with Crippen molar-refractivity contribution in [3.05, 3.63) is 28.7 Å². The Morgan fingerprint density at radius 3 is 3.00 bits per heavy atom. The van der Waals surface area contributed by atoms with Crippen LogP contribution < -0.4 is 5.32 Å². The van der Waals surface area contributed by atoms with Gasteiger partial charge in [0.25, 0.3) is 0 Å². The van der Waals surface area contributed by atoms with E-state index in [1.165, 1.54) is 4.90 Å². The van der Waals surface area contributed by atoms with E-state index in [0.29, 0.717) is 5.25 Å². The molecule has 1 fully saturated rings. The van der Waals surface area contributed by atoms with Gasteiger partial charge in [-0.1, -0.05) is 19.1 Å². The van der Waals surface area contributed by atoms with Crippen molar-refractivity contribution in [1.82, 2.24) is 5.32 Å². The third-order valence-electron chi connectivity index (χ3n) is 3.33. The number of rotatable bonds is 4. The Morgan fingerprint density at radius 1 is 1.56 bits per heavy atom. The van der Waals surface area contributed by atoms with Gasteiger partial charge in [0.05, 0.1) is 6.07 Å². The van der Waals surface area contributed by atoms with E-state index in [1.54, 1.807) is 0 Å². The van der Waals surface area contributed by atoms with Gasteiger partial charge in [-0.25, -0.2) is 0 Å². The summed E-state index contributed by atoms with van der Waals surface area (Å²) in [5, 5.41) is 13.2. The zero-order chi connectivity index (χ0) is 13.0. The number of halogens is 1. The van der Waals surface area contributed by atoms with E-state index in [1.807, 2.05) is 17.8 Å². The summed E-state index contributed by atoms with van der Waals surface area (Å²) in [4.78, 5) is 1.27. The highest BCUT2D eigenvalue weighted by Crippen LogP contribution is 2.41. The van der Waals surface area contributed by atoms with Crippen molar-refractivity contribution in [1.29, 1.82) is 5.26 Å². The van der Waals surface area contributed by atoms with E-state index < -0.39 is 0 Å². The Bertz CT molecular complexity index is 457. The van der Waals surface area contributed by atoms with Crippen LogP contribution in [0.1, 0.15) is 26.2 Å². The monoisotopic (exact) mass is 324 g/mol. The molecule has 0 bridgehead atoms. The molecule has 1 aliphatic carbocycles. The van der Waals surface area contributed by atoms with Gasteiger partial charge in [-0.05, 0) is 53.9 Å². The van der Waals surface area contributed by atoms with Gasteiger partial charge in [0, 0.05) is 14.6 Å². The molecule has 0 amide bonds. The molecule has 1 aromatic rings. The molecule has 4 heteroatoms. The minimum Gasteiger partial charge on any atom is -0.300 e. The lowest BCUT2D eigenvalue weighted by Gasteiger charge is -2.21. The largest absolute Gasteiger partial charge is 0.300 e. The van der Waals surface area contributed by atoms with Crippen molar-refractivity contribution in [3.63, 3.8) is 0 Å². The number of nitriles is 1. The first kappa shape index (κ1) is 13.9. The summed E-state index contributed by atoms with van der Waals surface area (Å²) in [5.74, 6) is 0. The second-order valence-electron chi connectivity index (χ2n) is 4.64. The summed E-state index contributed by atoms with van der Waals surface area (Å²) in [5.41, 5.74) is -0.298. The number of benzene rings is 1. The normalized spacial score (nSPS) is 27.1. The van der Waals surface area contributed by atoms with E-state index in [4.69, 9.17) is 0 Å². The Labute approximate surface area is 121 Å². The van der Waals surface area contributed by atoms with Crippen LogP contribution in [0, 0.1) is 11.3 Å². The number of nitrogens with zero attached hydrogens (tertiary/aromatic N) is 1. The van der Waals surface area contributed by atoms with Crippen LogP contribution in [0.15, 0.2) is 33.6 Å². The van der Waals surface area contributed by atoms with E-state index in [2.05, 4.69) is 52.4 Å². The predicted molar refractivity (Wildman–Crippen MR) is 79.7 cm³/mol. The Kier molecular flexibility index (Phi) is 4.71. The van der Waals surface area contributed by atoms with Gasteiger partial charge in [0.15, 0.2) is 0 Å². The van der Waals surface area contributed by atoms with Crippen molar-refractivity contribution in [2.75, 3.05) is 6.54 Å². The molecule has 0 aliphatic heterocycles. The Morgan fingerprint density at radius 2 is 2.33 bits per heavy atom. The number of thioether (sulfide) groups is 1. The minimum atomic E-state index is -0.298. The highest BCUT2D eigenvalue weighted by Gasteiger charge is 2.39. The van der Waals surface area contributed by atoms with Crippen molar-refractivity contribution < 1.29 is 0 Å². The molecule has 0 aromatic heterocycles. The van der Waals surface area contributed by atoms with Gasteiger partial charge in [0.2, 0.25) is 0 Å². The van der Waals surface area contributed by atoms with Crippen LogP contribution in [0.4, 0.5) is 0 Å². The lowest BCUT2D eigenvalue weighted by atomic mass is 10.0. The van der Waals surface area contributed by atoms with Gasteiger partial charge >= 0.3 is 0 Å². The maximum atomic E-state index is 9.36. The molecule has 2 nitrogen and oxygen atoms in total. The summed E-state index contributed by atoms with van der Waals surface area (Å²) in [7, 11) is 0. The Hall–Kier alpha value is -0.500. The lowest BCUT2D eigenvalue weighted by molar-refractivity contribution is 0.436. The summed E-state index contributed by atoms with van der Waals surface area (Å²) in [6.07, 6.45) is 3.00. The summed E-state index contributed by atoms with van der Waals surface area (Å²) in [6, 6.07) is 10.8. The second-order valence-corrected chi connectivity index (χ2v) is 6.83. The molecule has 1 aromatic carbocycles.